The molecule has 0 saturated carbocycles. The van der Waals surface area contributed by atoms with Gasteiger partial charge in [0.1, 0.15) is 24.0 Å². The molecule has 1 aliphatic heterocycles. The van der Waals surface area contributed by atoms with Crippen LogP contribution in [0.15, 0.2) is 48.5 Å². The van der Waals surface area contributed by atoms with Crippen LogP contribution in [0.3, 0.4) is 0 Å². The Kier molecular flexibility index (Phi) is 3.22. The second-order valence-electron chi connectivity index (χ2n) is 4.86. The number of benzene rings is 2. The van der Waals surface area contributed by atoms with Crippen molar-refractivity contribution in [2.24, 2.45) is 0 Å². The van der Waals surface area contributed by atoms with Gasteiger partial charge in [-0.2, -0.15) is 9.84 Å². The first-order chi connectivity index (χ1) is 9.79. The van der Waals surface area contributed by atoms with Crippen LogP contribution >= 0.6 is 0 Å². The maximum atomic E-state index is 9.28. The lowest BCUT2D eigenvalue weighted by atomic mass is 10.1. The molecule has 2 aromatic carbocycles. The van der Waals surface area contributed by atoms with E-state index in [2.05, 4.69) is 23.8 Å². The van der Waals surface area contributed by atoms with E-state index in [4.69, 9.17) is 4.74 Å². The molecule has 1 aliphatic rings. The Morgan fingerprint density at radius 3 is 2.75 bits per heavy atom. The van der Waals surface area contributed by atoms with Gasteiger partial charge in [-0.05, 0) is 18.2 Å². The third kappa shape index (κ3) is 2.17. The molecule has 1 heterocycles. The standard InChI is InChI=1S/C17H15N2O/c1-13-12-20-17-9-5-3-7-15(17)11-19(13)16-8-4-2-6-14(16)10-18/h2-9,11,13H,12H2,1H3/q+1. The molecule has 0 N–H and O–H groups in total. The van der Waals surface area contributed by atoms with E-state index in [0.717, 1.165) is 17.0 Å². The van der Waals surface area contributed by atoms with Gasteiger partial charge in [0.2, 0.25) is 5.69 Å². The highest BCUT2D eigenvalue weighted by Crippen LogP contribution is 2.25. The summed E-state index contributed by atoms with van der Waals surface area (Å²) < 4.78 is 7.95. The molecule has 0 aromatic heterocycles. The molecule has 0 fully saturated rings. The first-order valence-electron chi connectivity index (χ1n) is 6.64. The Labute approximate surface area is 118 Å². The van der Waals surface area contributed by atoms with E-state index in [1.807, 2.05) is 48.5 Å². The number of hydrogen-bond donors (Lipinski definition) is 0. The molecule has 3 heteroatoms. The topological polar surface area (TPSA) is 36.0 Å². The van der Waals surface area contributed by atoms with Crippen LogP contribution in [0.5, 0.6) is 5.75 Å². The second-order valence-corrected chi connectivity index (χ2v) is 4.86. The van der Waals surface area contributed by atoms with Crippen molar-refractivity contribution in [2.75, 3.05) is 6.61 Å². The molecular formula is C17H15N2O+. The fourth-order valence-corrected chi connectivity index (χ4v) is 2.39. The quantitative estimate of drug-likeness (QED) is 0.741. The number of fused-ring (bicyclic) bond motifs is 1. The normalized spacial score (nSPS) is 17.2. The van der Waals surface area contributed by atoms with Gasteiger partial charge >= 0.3 is 0 Å². The van der Waals surface area contributed by atoms with Crippen molar-refractivity contribution in [3.8, 4) is 11.8 Å². The van der Waals surface area contributed by atoms with Gasteiger partial charge in [-0.25, -0.2) is 0 Å². The van der Waals surface area contributed by atoms with E-state index < -0.39 is 0 Å². The number of ether oxygens (including phenoxy) is 1. The summed E-state index contributed by atoms with van der Waals surface area (Å²) in [7, 11) is 0. The highest BCUT2D eigenvalue weighted by molar-refractivity contribution is 5.81. The van der Waals surface area contributed by atoms with Crippen molar-refractivity contribution < 1.29 is 9.31 Å². The lowest BCUT2D eigenvalue weighted by molar-refractivity contribution is -0.477. The summed E-state index contributed by atoms with van der Waals surface area (Å²) in [5.74, 6) is 0.885. The SMILES string of the molecule is CC1COc2ccccc2C=[N+]1c1ccccc1C#N. The molecule has 0 radical (unpaired) electrons. The van der Waals surface area contributed by atoms with E-state index in [1.54, 1.807) is 0 Å². The minimum atomic E-state index is 0.164. The molecule has 1 atom stereocenters. The minimum Gasteiger partial charge on any atom is -0.486 e. The van der Waals surface area contributed by atoms with Crippen LogP contribution in [0, 0.1) is 11.3 Å². The fraction of sp³-hybridized carbons (Fsp3) is 0.176. The summed E-state index contributed by atoms with van der Waals surface area (Å²) in [6.45, 7) is 2.68. The number of para-hydroxylation sites is 2. The Morgan fingerprint density at radius 2 is 1.90 bits per heavy atom. The summed E-state index contributed by atoms with van der Waals surface area (Å²) >= 11 is 0. The van der Waals surface area contributed by atoms with E-state index in [1.165, 1.54) is 0 Å². The molecule has 0 bridgehead atoms. The molecule has 3 rings (SSSR count). The third-order valence-electron chi connectivity index (χ3n) is 3.45. The van der Waals surface area contributed by atoms with Crippen molar-refractivity contribution in [3.05, 3.63) is 59.7 Å². The molecule has 20 heavy (non-hydrogen) atoms. The van der Waals surface area contributed by atoms with E-state index in [0.29, 0.717) is 12.2 Å². The maximum absolute atomic E-state index is 9.28. The third-order valence-corrected chi connectivity index (χ3v) is 3.45. The number of rotatable bonds is 1. The lowest BCUT2D eigenvalue weighted by Gasteiger charge is -2.09. The van der Waals surface area contributed by atoms with Gasteiger partial charge < -0.3 is 4.74 Å². The van der Waals surface area contributed by atoms with Crippen molar-refractivity contribution >= 4 is 11.9 Å². The molecule has 0 spiro atoms. The van der Waals surface area contributed by atoms with Gasteiger partial charge in [0, 0.05) is 13.0 Å². The van der Waals surface area contributed by atoms with Crippen LogP contribution in [0.1, 0.15) is 18.1 Å². The first kappa shape index (κ1) is 12.4. The lowest BCUT2D eigenvalue weighted by Crippen LogP contribution is -2.25. The maximum Gasteiger partial charge on any atom is 0.223 e. The fourth-order valence-electron chi connectivity index (χ4n) is 2.39. The zero-order valence-electron chi connectivity index (χ0n) is 11.3. The zero-order valence-corrected chi connectivity index (χ0v) is 11.3. The molecule has 0 aliphatic carbocycles. The molecule has 98 valence electrons. The number of nitriles is 1. The first-order valence-corrected chi connectivity index (χ1v) is 6.64. The van der Waals surface area contributed by atoms with Crippen molar-refractivity contribution in [1.82, 2.24) is 0 Å². The minimum absolute atomic E-state index is 0.164. The van der Waals surface area contributed by atoms with Crippen LogP contribution in [0.25, 0.3) is 0 Å². The summed E-state index contributed by atoms with van der Waals surface area (Å²) in [5.41, 5.74) is 2.63. The Balaban J connectivity index is 2.16. The van der Waals surface area contributed by atoms with E-state index >= 15 is 0 Å². The van der Waals surface area contributed by atoms with Gasteiger partial charge in [-0.1, -0.05) is 24.3 Å². The van der Waals surface area contributed by atoms with Gasteiger partial charge in [-0.3, -0.25) is 0 Å². The second kappa shape index (κ2) is 5.18. The monoisotopic (exact) mass is 263 g/mol. The molecule has 0 saturated heterocycles. The zero-order chi connectivity index (χ0) is 13.9. The molecule has 1 unspecified atom stereocenters. The largest absolute Gasteiger partial charge is 0.486 e. The smallest absolute Gasteiger partial charge is 0.223 e. The van der Waals surface area contributed by atoms with Crippen molar-refractivity contribution in [2.45, 2.75) is 13.0 Å². The Hall–Kier alpha value is -2.60. The van der Waals surface area contributed by atoms with Crippen LogP contribution in [0.4, 0.5) is 5.69 Å². The van der Waals surface area contributed by atoms with E-state index in [9.17, 15) is 5.26 Å². The summed E-state index contributed by atoms with van der Waals surface area (Å²) in [4.78, 5) is 0. The van der Waals surface area contributed by atoms with Crippen LogP contribution in [0.2, 0.25) is 0 Å². The van der Waals surface area contributed by atoms with Crippen LogP contribution in [-0.4, -0.2) is 23.4 Å². The highest BCUT2D eigenvalue weighted by Gasteiger charge is 2.25. The van der Waals surface area contributed by atoms with Gasteiger partial charge in [-0.15, -0.1) is 0 Å². The van der Waals surface area contributed by atoms with Gasteiger partial charge in [0.15, 0.2) is 12.3 Å². The predicted molar refractivity (Wildman–Crippen MR) is 77.6 cm³/mol. The Morgan fingerprint density at radius 1 is 1.15 bits per heavy atom. The molecule has 0 amide bonds. The summed E-state index contributed by atoms with van der Waals surface area (Å²) in [6, 6.07) is 18.0. The summed E-state index contributed by atoms with van der Waals surface area (Å²) in [6.07, 6.45) is 2.06. The van der Waals surface area contributed by atoms with Gasteiger partial charge in [0.25, 0.3) is 0 Å². The van der Waals surface area contributed by atoms with Crippen molar-refractivity contribution in [1.29, 1.82) is 5.26 Å². The average molecular weight is 263 g/mol. The molecular weight excluding hydrogens is 248 g/mol. The molecule has 3 nitrogen and oxygen atoms in total. The van der Waals surface area contributed by atoms with Gasteiger partial charge in [0.05, 0.1) is 5.56 Å². The van der Waals surface area contributed by atoms with Crippen molar-refractivity contribution in [3.63, 3.8) is 0 Å². The van der Waals surface area contributed by atoms with Crippen LogP contribution in [-0.2, 0) is 0 Å². The predicted octanol–water partition coefficient (Wildman–Crippen LogP) is 3.10. The average Bonchev–Trinajstić information content (AvgIpc) is 2.67. The molecule has 2 aromatic rings. The number of hydrogen-bond acceptors (Lipinski definition) is 2. The number of nitrogens with zero attached hydrogens (tertiary/aromatic N) is 2. The highest BCUT2D eigenvalue weighted by atomic mass is 16.5. The van der Waals surface area contributed by atoms with E-state index in [-0.39, 0.29) is 6.04 Å². The Bertz CT molecular complexity index is 713. The summed E-state index contributed by atoms with van der Waals surface area (Å²) in [5, 5.41) is 9.28. The van der Waals surface area contributed by atoms with Crippen LogP contribution < -0.4 is 4.74 Å².